The predicted octanol–water partition coefficient (Wildman–Crippen LogP) is 3.19. The van der Waals surface area contributed by atoms with Crippen LogP contribution in [0.5, 0.6) is 5.75 Å². The van der Waals surface area contributed by atoms with E-state index in [1.165, 1.54) is 0 Å². The molecule has 1 aromatic carbocycles. The van der Waals surface area contributed by atoms with Gasteiger partial charge in [0.05, 0.1) is 9.88 Å². The van der Waals surface area contributed by atoms with Gasteiger partial charge in [0.1, 0.15) is 12.4 Å². The van der Waals surface area contributed by atoms with Crippen molar-refractivity contribution in [3.05, 3.63) is 44.9 Å². The van der Waals surface area contributed by atoms with Gasteiger partial charge in [-0.2, -0.15) is 0 Å². The number of aryl methyl sites for hydroxylation is 1. The molecule has 18 heavy (non-hydrogen) atoms. The summed E-state index contributed by atoms with van der Waals surface area (Å²) in [4.78, 5) is 5.30. The van der Waals surface area contributed by atoms with Crippen molar-refractivity contribution in [1.82, 2.24) is 4.98 Å². The van der Waals surface area contributed by atoms with Crippen molar-refractivity contribution in [2.24, 2.45) is 5.73 Å². The molecule has 0 aliphatic rings. The van der Waals surface area contributed by atoms with Crippen molar-refractivity contribution in [2.45, 2.75) is 20.0 Å². The molecular formula is C13H15ClN2OS. The topological polar surface area (TPSA) is 48.1 Å². The van der Waals surface area contributed by atoms with E-state index in [9.17, 15) is 0 Å². The highest BCUT2D eigenvalue weighted by Crippen LogP contribution is 2.27. The number of rotatable bonds is 5. The molecule has 1 heterocycles. The average molecular weight is 283 g/mol. The van der Waals surface area contributed by atoms with E-state index in [4.69, 9.17) is 22.1 Å². The summed E-state index contributed by atoms with van der Waals surface area (Å²) in [5.41, 5.74) is 6.56. The molecule has 0 unspecified atom stereocenters. The van der Waals surface area contributed by atoms with E-state index in [0.717, 1.165) is 27.6 Å². The molecule has 0 amide bonds. The first-order chi connectivity index (χ1) is 8.70. The normalized spacial score (nSPS) is 10.6. The third-order valence-electron chi connectivity index (χ3n) is 2.51. The van der Waals surface area contributed by atoms with Crippen molar-refractivity contribution < 1.29 is 4.74 Å². The fourth-order valence-corrected chi connectivity index (χ4v) is 2.65. The smallest absolute Gasteiger partial charge is 0.124 e. The van der Waals surface area contributed by atoms with E-state index in [2.05, 4.69) is 4.98 Å². The van der Waals surface area contributed by atoms with Crippen LogP contribution in [0.25, 0.3) is 0 Å². The third-order valence-corrected chi connectivity index (χ3v) is 3.75. The first-order valence-electron chi connectivity index (χ1n) is 5.72. The number of benzene rings is 1. The predicted molar refractivity (Wildman–Crippen MR) is 75.4 cm³/mol. The van der Waals surface area contributed by atoms with Crippen molar-refractivity contribution in [2.75, 3.05) is 6.54 Å². The Kier molecular flexibility index (Phi) is 4.58. The summed E-state index contributed by atoms with van der Waals surface area (Å²) in [7, 11) is 0. The Morgan fingerprint density at radius 1 is 1.44 bits per heavy atom. The van der Waals surface area contributed by atoms with E-state index >= 15 is 0 Å². The minimum absolute atomic E-state index is 0.517. The van der Waals surface area contributed by atoms with Crippen molar-refractivity contribution >= 4 is 22.9 Å². The molecule has 1 aromatic heterocycles. The lowest BCUT2D eigenvalue weighted by atomic mass is 10.1. The highest BCUT2D eigenvalue weighted by Gasteiger charge is 2.08. The van der Waals surface area contributed by atoms with Crippen LogP contribution in [-0.4, -0.2) is 11.5 Å². The Bertz CT molecular complexity index is 527. The van der Waals surface area contributed by atoms with Gasteiger partial charge < -0.3 is 10.5 Å². The van der Waals surface area contributed by atoms with E-state index in [1.807, 2.05) is 31.3 Å². The number of hydrogen-bond acceptors (Lipinski definition) is 4. The van der Waals surface area contributed by atoms with Crippen LogP contribution >= 0.6 is 22.9 Å². The number of hydrogen-bond donors (Lipinski definition) is 1. The number of nitrogens with two attached hydrogens (primary N) is 1. The highest BCUT2D eigenvalue weighted by molar-refractivity contribution is 7.11. The fourth-order valence-electron chi connectivity index (χ4n) is 1.68. The lowest BCUT2D eigenvalue weighted by Crippen LogP contribution is -2.05. The number of nitrogens with zero attached hydrogens (tertiary/aromatic N) is 1. The maximum absolute atomic E-state index is 6.15. The molecule has 0 saturated carbocycles. The van der Waals surface area contributed by atoms with Gasteiger partial charge in [0, 0.05) is 16.8 Å². The quantitative estimate of drug-likeness (QED) is 0.916. The van der Waals surface area contributed by atoms with E-state index < -0.39 is 0 Å². The second kappa shape index (κ2) is 6.18. The summed E-state index contributed by atoms with van der Waals surface area (Å²) in [6.07, 6.45) is 2.56. The standard InChI is InChI=1S/C13H15ClN2OS/c1-9-16-7-10(18-9)8-17-13-4-2-3-12(14)11(13)5-6-15/h2-4,7H,5-6,8,15H2,1H3. The molecule has 0 spiro atoms. The van der Waals surface area contributed by atoms with Crippen molar-refractivity contribution in [3.8, 4) is 5.75 Å². The molecule has 0 saturated heterocycles. The SMILES string of the molecule is Cc1ncc(COc2cccc(Cl)c2CCN)s1. The zero-order chi connectivity index (χ0) is 13.0. The van der Waals surface area contributed by atoms with Gasteiger partial charge in [-0.15, -0.1) is 11.3 Å². The average Bonchev–Trinajstić information content (AvgIpc) is 2.76. The van der Waals surface area contributed by atoms with Crippen molar-refractivity contribution in [1.29, 1.82) is 0 Å². The molecule has 0 aliphatic carbocycles. The molecule has 2 rings (SSSR count). The Hall–Kier alpha value is -1.10. The monoisotopic (exact) mass is 282 g/mol. The Morgan fingerprint density at radius 2 is 2.28 bits per heavy atom. The Labute approximate surface area is 116 Å². The van der Waals surface area contributed by atoms with Gasteiger partial charge in [0.15, 0.2) is 0 Å². The van der Waals surface area contributed by atoms with Crippen LogP contribution in [0.4, 0.5) is 0 Å². The number of aromatic nitrogens is 1. The molecule has 0 fully saturated rings. The minimum atomic E-state index is 0.517. The van der Waals surface area contributed by atoms with Crippen LogP contribution in [-0.2, 0) is 13.0 Å². The zero-order valence-electron chi connectivity index (χ0n) is 10.1. The van der Waals surface area contributed by atoms with Gasteiger partial charge in [-0.1, -0.05) is 17.7 Å². The van der Waals surface area contributed by atoms with E-state index in [-0.39, 0.29) is 0 Å². The molecule has 0 atom stereocenters. The molecule has 3 nitrogen and oxygen atoms in total. The van der Waals surface area contributed by atoms with Crippen LogP contribution in [0.15, 0.2) is 24.4 Å². The maximum atomic E-state index is 6.15. The van der Waals surface area contributed by atoms with Crippen LogP contribution in [0.2, 0.25) is 5.02 Å². The van der Waals surface area contributed by atoms with Gasteiger partial charge in [-0.25, -0.2) is 4.98 Å². The molecule has 2 N–H and O–H groups in total. The molecule has 0 radical (unpaired) electrons. The highest BCUT2D eigenvalue weighted by atomic mass is 35.5. The van der Waals surface area contributed by atoms with Gasteiger partial charge in [0.2, 0.25) is 0 Å². The summed E-state index contributed by atoms with van der Waals surface area (Å²) in [5.74, 6) is 0.805. The Morgan fingerprint density at radius 3 is 2.94 bits per heavy atom. The molecule has 96 valence electrons. The largest absolute Gasteiger partial charge is 0.488 e. The molecule has 0 bridgehead atoms. The summed E-state index contributed by atoms with van der Waals surface area (Å²) < 4.78 is 5.80. The second-order valence-electron chi connectivity index (χ2n) is 3.89. The summed E-state index contributed by atoms with van der Waals surface area (Å²) >= 11 is 7.79. The molecule has 2 aromatic rings. The zero-order valence-corrected chi connectivity index (χ0v) is 11.7. The van der Waals surface area contributed by atoms with Crippen LogP contribution < -0.4 is 10.5 Å². The number of thiazole rings is 1. The Balaban J connectivity index is 2.11. The minimum Gasteiger partial charge on any atom is -0.488 e. The van der Waals surface area contributed by atoms with Crippen molar-refractivity contribution in [3.63, 3.8) is 0 Å². The maximum Gasteiger partial charge on any atom is 0.124 e. The van der Waals surface area contributed by atoms with Gasteiger partial charge in [0.25, 0.3) is 0 Å². The van der Waals surface area contributed by atoms with Gasteiger partial charge in [-0.3, -0.25) is 0 Å². The number of ether oxygens (including phenoxy) is 1. The molecule has 5 heteroatoms. The van der Waals surface area contributed by atoms with E-state index in [1.54, 1.807) is 11.3 Å². The van der Waals surface area contributed by atoms with Crippen LogP contribution in [0.1, 0.15) is 15.4 Å². The summed E-state index contributed by atoms with van der Waals surface area (Å²) in [5, 5.41) is 1.75. The van der Waals surface area contributed by atoms with Crippen LogP contribution in [0, 0.1) is 6.92 Å². The third kappa shape index (κ3) is 3.22. The van der Waals surface area contributed by atoms with Crippen LogP contribution in [0.3, 0.4) is 0 Å². The first kappa shape index (κ1) is 13.3. The number of halogens is 1. The lowest BCUT2D eigenvalue weighted by Gasteiger charge is -2.11. The molecular weight excluding hydrogens is 268 g/mol. The van der Waals surface area contributed by atoms with Gasteiger partial charge in [-0.05, 0) is 32.0 Å². The van der Waals surface area contributed by atoms with E-state index in [0.29, 0.717) is 18.2 Å². The fraction of sp³-hybridized carbons (Fsp3) is 0.308. The lowest BCUT2D eigenvalue weighted by molar-refractivity contribution is 0.306. The second-order valence-corrected chi connectivity index (χ2v) is 5.62. The van der Waals surface area contributed by atoms with Gasteiger partial charge >= 0.3 is 0 Å². The summed E-state index contributed by atoms with van der Waals surface area (Å²) in [6.45, 7) is 3.05. The first-order valence-corrected chi connectivity index (χ1v) is 6.91. The molecule has 0 aliphatic heterocycles. The summed E-state index contributed by atoms with van der Waals surface area (Å²) in [6, 6.07) is 5.66.